The minimum atomic E-state index is -0.493. The van der Waals surface area contributed by atoms with Gasteiger partial charge in [-0.2, -0.15) is 4.98 Å². The number of aromatic nitrogens is 3. The highest BCUT2D eigenvalue weighted by molar-refractivity contribution is 5.58. The molecule has 1 aromatic carbocycles. The van der Waals surface area contributed by atoms with Gasteiger partial charge in [-0.15, -0.1) is 0 Å². The zero-order valence-corrected chi connectivity index (χ0v) is 17.9. The Kier molecular flexibility index (Phi) is 6.20. The molecular formula is C23H26FN7. The molecule has 3 heterocycles. The molecule has 0 amide bonds. The molecule has 7 nitrogen and oxygen atoms in total. The fourth-order valence-electron chi connectivity index (χ4n) is 3.54. The molecule has 8 heteroatoms. The van der Waals surface area contributed by atoms with Crippen molar-refractivity contribution in [2.45, 2.75) is 33.4 Å². The molecule has 31 heavy (non-hydrogen) atoms. The van der Waals surface area contributed by atoms with Gasteiger partial charge in [-0.25, -0.2) is 14.8 Å². The van der Waals surface area contributed by atoms with Crippen molar-refractivity contribution in [1.29, 1.82) is 0 Å². The molecule has 2 aromatic heterocycles. The van der Waals surface area contributed by atoms with E-state index in [9.17, 15) is 4.39 Å². The van der Waals surface area contributed by atoms with Crippen LogP contribution in [0.25, 0.3) is 0 Å². The maximum Gasteiger partial charge on any atom is 0.229 e. The molecule has 0 aliphatic carbocycles. The van der Waals surface area contributed by atoms with Crippen LogP contribution in [0.15, 0.2) is 60.7 Å². The summed E-state index contributed by atoms with van der Waals surface area (Å²) >= 11 is 0. The van der Waals surface area contributed by atoms with Crippen LogP contribution in [0.4, 0.5) is 21.8 Å². The fourth-order valence-corrected chi connectivity index (χ4v) is 3.54. The van der Waals surface area contributed by atoms with Gasteiger partial charge in [0.15, 0.2) is 11.6 Å². The molecule has 0 saturated carbocycles. The van der Waals surface area contributed by atoms with E-state index < -0.39 is 5.82 Å². The van der Waals surface area contributed by atoms with Crippen LogP contribution >= 0.6 is 0 Å². The third kappa shape index (κ3) is 5.22. The summed E-state index contributed by atoms with van der Waals surface area (Å²) in [6.07, 6.45) is 6.63. The third-order valence-corrected chi connectivity index (χ3v) is 5.02. The predicted molar refractivity (Wildman–Crippen MR) is 120 cm³/mol. The van der Waals surface area contributed by atoms with E-state index in [-0.39, 0.29) is 11.9 Å². The number of hydrogen-bond acceptors (Lipinski definition) is 7. The van der Waals surface area contributed by atoms with Gasteiger partial charge in [-0.05, 0) is 67.3 Å². The molecule has 0 fully saturated rings. The Morgan fingerprint density at radius 2 is 1.84 bits per heavy atom. The zero-order valence-electron chi connectivity index (χ0n) is 17.9. The largest absolute Gasteiger partial charge is 0.324 e. The van der Waals surface area contributed by atoms with E-state index in [0.29, 0.717) is 12.5 Å². The summed E-state index contributed by atoms with van der Waals surface area (Å²) in [6, 6.07) is 10.1. The monoisotopic (exact) mass is 419 g/mol. The molecule has 1 atom stereocenters. The third-order valence-electron chi connectivity index (χ3n) is 5.02. The topological polar surface area (TPSA) is 78.0 Å². The number of aryl methyl sites for hydroxylation is 2. The Labute approximate surface area is 181 Å². The van der Waals surface area contributed by atoms with Gasteiger partial charge in [0.1, 0.15) is 0 Å². The molecule has 1 aliphatic rings. The summed E-state index contributed by atoms with van der Waals surface area (Å²) in [4.78, 5) is 12.5. The van der Waals surface area contributed by atoms with Crippen molar-refractivity contribution in [1.82, 2.24) is 25.7 Å². The van der Waals surface area contributed by atoms with Crippen LogP contribution in [0, 0.1) is 19.7 Å². The van der Waals surface area contributed by atoms with E-state index in [1.165, 1.54) is 6.20 Å². The molecule has 0 bridgehead atoms. The summed E-state index contributed by atoms with van der Waals surface area (Å²) < 4.78 is 14.5. The summed E-state index contributed by atoms with van der Waals surface area (Å²) in [6.45, 7) is 7.50. The Balaban J connectivity index is 1.46. The van der Waals surface area contributed by atoms with Gasteiger partial charge < -0.3 is 10.6 Å². The van der Waals surface area contributed by atoms with Crippen molar-refractivity contribution in [3.05, 3.63) is 83.2 Å². The van der Waals surface area contributed by atoms with Gasteiger partial charge >= 0.3 is 0 Å². The zero-order chi connectivity index (χ0) is 21.8. The lowest BCUT2D eigenvalue weighted by Crippen LogP contribution is -2.36. The van der Waals surface area contributed by atoms with E-state index in [1.54, 1.807) is 17.4 Å². The SMILES string of the molecule is Cc1cc(C)cc(Nc2ncc(F)c(N3C=C(CNCc4ccncc4)C(C)N3)n2)c1. The van der Waals surface area contributed by atoms with Gasteiger partial charge in [0.25, 0.3) is 0 Å². The molecule has 0 saturated heterocycles. The number of hydrogen-bond donors (Lipinski definition) is 3. The van der Waals surface area contributed by atoms with Crippen molar-refractivity contribution >= 4 is 17.5 Å². The highest BCUT2D eigenvalue weighted by atomic mass is 19.1. The summed E-state index contributed by atoms with van der Waals surface area (Å²) in [5.74, 6) is 0.0271. The van der Waals surface area contributed by atoms with Gasteiger partial charge in [0, 0.05) is 43.4 Å². The average molecular weight is 420 g/mol. The molecule has 1 unspecified atom stereocenters. The van der Waals surface area contributed by atoms with Crippen LogP contribution in [0.2, 0.25) is 0 Å². The number of nitrogens with one attached hydrogen (secondary N) is 3. The van der Waals surface area contributed by atoms with E-state index in [4.69, 9.17) is 0 Å². The number of benzene rings is 1. The number of nitrogens with zero attached hydrogens (tertiary/aromatic N) is 4. The highest BCUT2D eigenvalue weighted by Crippen LogP contribution is 2.24. The van der Waals surface area contributed by atoms with Crippen molar-refractivity contribution in [3.8, 4) is 0 Å². The second-order valence-electron chi connectivity index (χ2n) is 7.75. The van der Waals surface area contributed by atoms with Crippen LogP contribution in [-0.2, 0) is 6.54 Å². The highest BCUT2D eigenvalue weighted by Gasteiger charge is 2.24. The van der Waals surface area contributed by atoms with Crippen molar-refractivity contribution in [3.63, 3.8) is 0 Å². The maximum absolute atomic E-state index is 14.5. The molecule has 0 radical (unpaired) electrons. The Bertz CT molecular complexity index is 1060. The van der Waals surface area contributed by atoms with E-state index in [1.807, 2.05) is 51.2 Å². The second kappa shape index (κ2) is 9.20. The number of anilines is 3. The van der Waals surface area contributed by atoms with Gasteiger partial charge in [-0.3, -0.25) is 9.99 Å². The standard InChI is InChI=1S/C23H26FN7/c1-15-8-16(2)10-20(9-15)28-23-27-13-21(24)22(29-23)31-14-19(17(3)30-31)12-26-11-18-4-6-25-7-5-18/h4-10,13-14,17,26,30H,11-12H2,1-3H3,(H,27,28,29). The van der Waals surface area contributed by atoms with E-state index in [2.05, 4.69) is 37.1 Å². The number of rotatable bonds is 7. The van der Waals surface area contributed by atoms with Crippen LogP contribution in [0.3, 0.4) is 0 Å². The smallest absolute Gasteiger partial charge is 0.229 e. The van der Waals surface area contributed by atoms with Gasteiger partial charge in [0.2, 0.25) is 5.95 Å². The summed E-state index contributed by atoms with van der Waals surface area (Å²) in [7, 11) is 0. The van der Waals surface area contributed by atoms with Crippen LogP contribution in [-0.4, -0.2) is 27.5 Å². The summed E-state index contributed by atoms with van der Waals surface area (Å²) in [5, 5.41) is 8.21. The minimum absolute atomic E-state index is 0.0511. The molecular weight excluding hydrogens is 393 g/mol. The lowest BCUT2D eigenvalue weighted by Gasteiger charge is -2.18. The molecule has 1 aliphatic heterocycles. The lowest BCUT2D eigenvalue weighted by atomic mass is 10.1. The first-order chi connectivity index (χ1) is 15.0. The molecule has 3 aromatic rings. The Hall–Kier alpha value is -3.36. The molecule has 3 N–H and O–H groups in total. The molecule has 0 spiro atoms. The molecule has 160 valence electrons. The summed E-state index contributed by atoms with van der Waals surface area (Å²) in [5.41, 5.74) is 8.65. The number of halogens is 1. The number of pyridine rings is 1. The van der Waals surface area contributed by atoms with Crippen LogP contribution < -0.4 is 21.1 Å². The predicted octanol–water partition coefficient (Wildman–Crippen LogP) is 3.76. The van der Waals surface area contributed by atoms with Crippen molar-refractivity contribution in [2.24, 2.45) is 0 Å². The maximum atomic E-state index is 14.5. The first-order valence-electron chi connectivity index (χ1n) is 10.2. The molecule has 4 rings (SSSR count). The minimum Gasteiger partial charge on any atom is -0.324 e. The van der Waals surface area contributed by atoms with Gasteiger partial charge in [0.05, 0.1) is 6.20 Å². The first kappa shape index (κ1) is 20.9. The van der Waals surface area contributed by atoms with Crippen molar-refractivity contribution < 1.29 is 4.39 Å². The van der Waals surface area contributed by atoms with Crippen LogP contribution in [0.5, 0.6) is 0 Å². The second-order valence-corrected chi connectivity index (χ2v) is 7.75. The van der Waals surface area contributed by atoms with Crippen molar-refractivity contribution in [2.75, 3.05) is 16.9 Å². The van der Waals surface area contributed by atoms with Crippen LogP contribution in [0.1, 0.15) is 23.6 Å². The fraction of sp³-hybridized carbons (Fsp3) is 0.261. The van der Waals surface area contributed by atoms with E-state index >= 15 is 0 Å². The normalized spacial score (nSPS) is 15.8. The Morgan fingerprint density at radius 1 is 1.10 bits per heavy atom. The van der Waals surface area contributed by atoms with Gasteiger partial charge in [-0.1, -0.05) is 6.07 Å². The lowest BCUT2D eigenvalue weighted by molar-refractivity contribution is 0.585. The first-order valence-corrected chi connectivity index (χ1v) is 10.2. The quantitative estimate of drug-likeness (QED) is 0.538. The average Bonchev–Trinajstić information content (AvgIpc) is 3.10. The Morgan fingerprint density at radius 3 is 2.58 bits per heavy atom. The number of hydrazine groups is 1. The van der Waals surface area contributed by atoms with E-state index in [0.717, 1.165) is 34.5 Å².